The molecule has 0 bridgehead atoms. The highest BCUT2D eigenvalue weighted by Gasteiger charge is 2.19. The first-order valence-electron chi connectivity index (χ1n) is 8.05. The van der Waals surface area contributed by atoms with Crippen molar-refractivity contribution in [3.05, 3.63) is 42.1 Å². The van der Waals surface area contributed by atoms with Gasteiger partial charge in [-0.25, -0.2) is 4.98 Å². The lowest BCUT2D eigenvalue weighted by Gasteiger charge is -2.16. The number of aromatic nitrogens is 1. The van der Waals surface area contributed by atoms with E-state index in [1.807, 2.05) is 12.1 Å². The van der Waals surface area contributed by atoms with Gasteiger partial charge in [0.25, 0.3) is 0 Å². The maximum atomic E-state index is 11.5. The molecule has 27 heavy (non-hydrogen) atoms. The average Bonchev–Trinajstić information content (AvgIpc) is 2.72. The molecule has 3 aromatic rings. The van der Waals surface area contributed by atoms with Gasteiger partial charge in [0.1, 0.15) is 0 Å². The second-order valence-corrected chi connectivity index (χ2v) is 5.48. The fraction of sp³-hybridized carbons (Fsp3) is 0.200. The molecular formula is C20H19NO6. The number of benzene rings is 2. The molecule has 0 saturated heterocycles. The van der Waals surface area contributed by atoms with Crippen molar-refractivity contribution in [2.24, 2.45) is 0 Å². The predicted octanol–water partition coefficient (Wildman–Crippen LogP) is 3.87. The van der Waals surface area contributed by atoms with Crippen LogP contribution in [0.2, 0.25) is 0 Å². The van der Waals surface area contributed by atoms with Crippen LogP contribution in [0.15, 0.2) is 36.5 Å². The van der Waals surface area contributed by atoms with Gasteiger partial charge in [-0.05, 0) is 35.7 Å². The molecule has 3 rings (SSSR count). The number of hydrogen-bond donors (Lipinski definition) is 0. The number of methoxy groups -OCH3 is 4. The van der Waals surface area contributed by atoms with Gasteiger partial charge in [0.05, 0.1) is 34.0 Å². The maximum absolute atomic E-state index is 11.5. The lowest BCUT2D eigenvalue weighted by Crippen LogP contribution is -2.00. The van der Waals surface area contributed by atoms with E-state index < -0.39 is 0 Å². The predicted molar refractivity (Wildman–Crippen MR) is 99.9 cm³/mol. The van der Waals surface area contributed by atoms with Crippen LogP contribution in [0.3, 0.4) is 0 Å². The molecule has 7 nitrogen and oxygen atoms in total. The third-order valence-corrected chi connectivity index (χ3v) is 4.09. The van der Waals surface area contributed by atoms with Crippen molar-refractivity contribution in [3.8, 4) is 34.6 Å². The number of rotatable bonds is 7. The highest BCUT2D eigenvalue weighted by Crippen LogP contribution is 2.43. The van der Waals surface area contributed by atoms with Gasteiger partial charge >= 0.3 is 0 Å². The Kier molecular flexibility index (Phi) is 5.30. The van der Waals surface area contributed by atoms with E-state index >= 15 is 0 Å². The summed E-state index contributed by atoms with van der Waals surface area (Å²) in [5, 5.41) is 1.53. The van der Waals surface area contributed by atoms with Crippen LogP contribution in [-0.2, 0) is 0 Å². The summed E-state index contributed by atoms with van der Waals surface area (Å²) in [6, 6.07) is 8.65. The highest BCUT2D eigenvalue weighted by atomic mass is 16.5. The molecule has 0 amide bonds. The van der Waals surface area contributed by atoms with Crippen LogP contribution in [-0.4, -0.2) is 39.7 Å². The van der Waals surface area contributed by atoms with E-state index in [4.69, 9.17) is 23.7 Å². The Balaban J connectivity index is 2.19. The number of nitrogens with zero attached hydrogens (tertiary/aromatic N) is 1. The minimum absolute atomic E-state index is 0.224. The average molecular weight is 369 g/mol. The van der Waals surface area contributed by atoms with Crippen LogP contribution in [0.25, 0.3) is 10.8 Å². The number of aldehydes is 1. The van der Waals surface area contributed by atoms with Crippen molar-refractivity contribution in [1.29, 1.82) is 0 Å². The zero-order chi connectivity index (χ0) is 19.4. The molecule has 2 aromatic carbocycles. The van der Waals surface area contributed by atoms with E-state index in [0.717, 1.165) is 5.39 Å². The smallest absolute Gasteiger partial charge is 0.227 e. The van der Waals surface area contributed by atoms with Gasteiger partial charge in [-0.2, -0.15) is 0 Å². The molecule has 0 N–H and O–H groups in total. The molecule has 0 atom stereocenters. The van der Waals surface area contributed by atoms with Crippen LogP contribution in [0, 0.1) is 0 Å². The quantitative estimate of drug-likeness (QED) is 0.585. The molecule has 0 aliphatic heterocycles. The van der Waals surface area contributed by atoms with Gasteiger partial charge in [-0.3, -0.25) is 4.79 Å². The number of pyridine rings is 1. The molecule has 0 fully saturated rings. The first-order chi connectivity index (χ1) is 13.2. The summed E-state index contributed by atoms with van der Waals surface area (Å²) in [4.78, 5) is 15.8. The van der Waals surface area contributed by atoms with Gasteiger partial charge in [-0.1, -0.05) is 0 Å². The zero-order valence-corrected chi connectivity index (χ0v) is 15.4. The molecule has 0 spiro atoms. The first kappa shape index (κ1) is 18.3. The summed E-state index contributed by atoms with van der Waals surface area (Å²) in [5.41, 5.74) is 0.312. The van der Waals surface area contributed by atoms with E-state index in [2.05, 4.69) is 4.98 Å². The number of carbonyl (C=O) groups is 1. The van der Waals surface area contributed by atoms with Gasteiger partial charge in [-0.15, -0.1) is 0 Å². The minimum Gasteiger partial charge on any atom is -0.493 e. The number of carbonyl (C=O) groups excluding carboxylic acids is 1. The number of ether oxygens (including phenoxy) is 5. The highest BCUT2D eigenvalue weighted by molar-refractivity contribution is 5.91. The molecule has 140 valence electrons. The van der Waals surface area contributed by atoms with E-state index in [1.54, 1.807) is 38.6 Å². The molecule has 0 unspecified atom stereocenters. The lowest BCUT2D eigenvalue weighted by atomic mass is 10.1. The Morgan fingerprint density at radius 1 is 0.815 bits per heavy atom. The Morgan fingerprint density at radius 2 is 1.52 bits per heavy atom. The van der Waals surface area contributed by atoms with Crippen molar-refractivity contribution in [1.82, 2.24) is 4.98 Å². The Morgan fingerprint density at radius 3 is 2.15 bits per heavy atom. The normalized spacial score (nSPS) is 10.4. The summed E-state index contributed by atoms with van der Waals surface area (Å²) >= 11 is 0. The van der Waals surface area contributed by atoms with Crippen molar-refractivity contribution in [2.75, 3.05) is 28.4 Å². The summed E-state index contributed by atoms with van der Waals surface area (Å²) < 4.78 is 27.4. The topological polar surface area (TPSA) is 76.1 Å². The lowest BCUT2D eigenvalue weighted by molar-refractivity contribution is 0.112. The Labute approximate surface area is 156 Å². The molecule has 7 heteroatoms. The fourth-order valence-electron chi connectivity index (χ4n) is 2.76. The van der Waals surface area contributed by atoms with Crippen molar-refractivity contribution in [2.45, 2.75) is 0 Å². The van der Waals surface area contributed by atoms with Gasteiger partial charge in [0.15, 0.2) is 29.3 Å². The Bertz CT molecular complexity index is 986. The summed E-state index contributed by atoms with van der Waals surface area (Å²) in [5.74, 6) is 2.40. The van der Waals surface area contributed by atoms with Crippen LogP contribution in [0.4, 0.5) is 0 Å². The third kappa shape index (κ3) is 3.31. The van der Waals surface area contributed by atoms with E-state index in [1.165, 1.54) is 14.2 Å². The molecule has 0 radical (unpaired) electrons. The number of hydrogen-bond acceptors (Lipinski definition) is 7. The molecule has 0 aliphatic carbocycles. The Hall–Kier alpha value is -3.48. The molecule has 1 heterocycles. The first-order valence-corrected chi connectivity index (χ1v) is 8.05. The van der Waals surface area contributed by atoms with Gasteiger partial charge < -0.3 is 23.7 Å². The monoisotopic (exact) mass is 369 g/mol. The van der Waals surface area contributed by atoms with Crippen molar-refractivity contribution < 1.29 is 28.5 Å². The summed E-state index contributed by atoms with van der Waals surface area (Å²) in [6.45, 7) is 0. The molecule has 0 saturated carbocycles. The molecule has 1 aromatic heterocycles. The minimum atomic E-state index is 0.224. The van der Waals surface area contributed by atoms with Crippen molar-refractivity contribution >= 4 is 17.1 Å². The van der Waals surface area contributed by atoms with Crippen LogP contribution in [0.5, 0.6) is 34.6 Å². The number of fused-ring (bicyclic) bond motifs is 1. The second kappa shape index (κ2) is 7.82. The third-order valence-electron chi connectivity index (χ3n) is 4.09. The maximum Gasteiger partial charge on any atom is 0.227 e. The molecule has 0 aliphatic rings. The van der Waals surface area contributed by atoms with E-state index in [-0.39, 0.29) is 5.75 Å². The van der Waals surface area contributed by atoms with Gasteiger partial charge in [0, 0.05) is 11.6 Å². The van der Waals surface area contributed by atoms with Crippen LogP contribution in [0.1, 0.15) is 10.4 Å². The van der Waals surface area contributed by atoms with Crippen LogP contribution >= 0.6 is 0 Å². The van der Waals surface area contributed by atoms with Gasteiger partial charge in [0.2, 0.25) is 11.6 Å². The second-order valence-electron chi connectivity index (χ2n) is 5.48. The summed E-state index contributed by atoms with van der Waals surface area (Å²) in [6.07, 6.45) is 2.29. The summed E-state index contributed by atoms with van der Waals surface area (Å²) in [7, 11) is 6.11. The standard InChI is InChI=1S/C20H19NO6/c1-23-15-6-5-13(11-22)18(19(15)26-4)27-20-14-10-17(25-3)16(24-2)9-12(14)7-8-21-20/h5-11H,1-4H3. The molecular weight excluding hydrogens is 350 g/mol. The zero-order valence-electron chi connectivity index (χ0n) is 15.4. The van der Waals surface area contributed by atoms with E-state index in [0.29, 0.717) is 46.1 Å². The van der Waals surface area contributed by atoms with Crippen LogP contribution < -0.4 is 23.7 Å². The van der Waals surface area contributed by atoms with Crippen molar-refractivity contribution in [3.63, 3.8) is 0 Å². The van der Waals surface area contributed by atoms with E-state index in [9.17, 15) is 4.79 Å². The SMILES string of the molecule is COc1cc2ccnc(Oc3c(C=O)ccc(OC)c3OC)c2cc1OC. The largest absolute Gasteiger partial charge is 0.493 e. The fourth-order valence-corrected chi connectivity index (χ4v) is 2.76.